The van der Waals surface area contributed by atoms with Gasteiger partial charge in [0.25, 0.3) is 0 Å². The maximum atomic E-state index is 12.0. The van der Waals surface area contributed by atoms with Crippen LogP contribution < -0.4 is 10.6 Å². The SMILES string of the molecule is CCc1nc(NC(=O)C2CC(=O)NC(=O)C2)sc1C. The van der Waals surface area contributed by atoms with Crippen LogP contribution in [-0.2, 0) is 20.8 Å². The van der Waals surface area contributed by atoms with Crippen molar-refractivity contribution in [3.8, 4) is 0 Å². The van der Waals surface area contributed by atoms with Gasteiger partial charge in [0.2, 0.25) is 17.7 Å². The van der Waals surface area contributed by atoms with Crippen LogP contribution in [0, 0.1) is 12.8 Å². The predicted octanol–water partition coefficient (Wildman–Crippen LogP) is 1.01. The van der Waals surface area contributed by atoms with Gasteiger partial charge in [-0.05, 0) is 13.3 Å². The van der Waals surface area contributed by atoms with E-state index in [9.17, 15) is 14.4 Å². The van der Waals surface area contributed by atoms with Crippen LogP contribution in [0.4, 0.5) is 5.13 Å². The first kappa shape index (κ1) is 13.7. The number of carbonyl (C=O) groups is 3. The minimum Gasteiger partial charge on any atom is -0.302 e. The Labute approximate surface area is 114 Å². The number of hydrogen-bond acceptors (Lipinski definition) is 5. The summed E-state index contributed by atoms with van der Waals surface area (Å²) in [6, 6.07) is 0. The average molecular weight is 281 g/mol. The summed E-state index contributed by atoms with van der Waals surface area (Å²) >= 11 is 1.40. The monoisotopic (exact) mass is 281 g/mol. The Balaban J connectivity index is 2.03. The second-order valence-corrected chi connectivity index (χ2v) is 5.64. The number of rotatable bonds is 3. The quantitative estimate of drug-likeness (QED) is 0.809. The van der Waals surface area contributed by atoms with Gasteiger partial charge in [0.05, 0.1) is 11.6 Å². The number of amides is 3. The molecule has 1 aromatic rings. The van der Waals surface area contributed by atoms with Crippen molar-refractivity contribution in [1.29, 1.82) is 0 Å². The van der Waals surface area contributed by atoms with Crippen LogP contribution in [0.1, 0.15) is 30.3 Å². The van der Waals surface area contributed by atoms with Crippen LogP contribution >= 0.6 is 11.3 Å². The summed E-state index contributed by atoms with van der Waals surface area (Å²) in [6.45, 7) is 3.95. The average Bonchev–Trinajstić information content (AvgIpc) is 2.68. The van der Waals surface area contributed by atoms with Gasteiger partial charge in [0.1, 0.15) is 0 Å². The molecular weight excluding hydrogens is 266 g/mol. The molecule has 1 aromatic heterocycles. The van der Waals surface area contributed by atoms with E-state index in [1.54, 1.807) is 0 Å². The molecular formula is C12H15N3O3S. The highest BCUT2D eigenvalue weighted by Crippen LogP contribution is 2.24. The van der Waals surface area contributed by atoms with Gasteiger partial charge in [-0.2, -0.15) is 0 Å². The first-order valence-electron chi connectivity index (χ1n) is 6.09. The molecule has 0 bridgehead atoms. The molecule has 1 aliphatic heterocycles. The normalized spacial score (nSPS) is 16.3. The van der Waals surface area contributed by atoms with E-state index in [2.05, 4.69) is 15.6 Å². The number of aromatic nitrogens is 1. The Morgan fingerprint density at radius 2 is 2.05 bits per heavy atom. The van der Waals surface area contributed by atoms with E-state index in [0.29, 0.717) is 5.13 Å². The van der Waals surface area contributed by atoms with Crippen molar-refractivity contribution < 1.29 is 14.4 Å². The summed E-state index contributed by atoms with van der Waals surface area (Å²) in [5.74, 6) is -1.72. The van der Waals surface area contributed by atoms with Crippen LogP contribution in [0.3, 0.4) is 0 Å². The molecule has 2 heterocycles. The molecule has 0 aromatic carbocycles. The van der Waals surface area contributed by atoms with Gasteiger partial charge < -0.3 is 5.32 Å². The summed E-state index contributed by atoms with van der Waals surface area (Å²) in [7, 11) is 0. The first-order valence-corrected chi connectivity index (χ1v) is 6.91. The van der Waals surface area contributed by atoms with Crippen molar-refractivity contribution in [2.45, 2.75) is 33.1 Å². The lowest BCUT2D eigenvalue weighted by Crippen LogP contribution is -2.42. The molecule has 0 saturated carbocycles. The Kier molecular flexibility index (Phi) is 3.94. The molecule has 7 heteroatoms. The molecule has 1 saturated heterocycles. The fourth-order valence-electron chi connectivity index (χ4n) is 1.98. The predicted molar refractivity (Wildman–Crippen MR) is 70.7 cm³/mol. The number of nitrogens with zero attached hydrogens (tertiary/aromatic N) is 1. The molecule has 19 heavy (non-hydrogen) atoms. The van der Waals surface area contributed by atoms with Crippen LogP contribution in [0.5, 0.6) is 0 Å². The van der Waals surface area contributed by atoms with E-state index in [4.69, 9.17) is 0 Å². The standard InChI is InChI=1S/C12H15N3O3S/c1-3-8-6(2)19-12(13-8)15-11(18)7-4-9(16)14-10(17)5-7/h7H,3-5H2,1-2H3,(H,13,15,18)(H,14,16,17). The Hall–Kier alpha value is -1.76. The first-order chi connectivity index (χ1) is 8.99. The number of carbonyl (C=O) groups excluding carboxylic acids is 3. The molecule has 102 valence electrons. The third kappa shape index (κ3) is 3.17. The van der Waals surface area contributed by atoms with Crippen LogP contribution in [0.2, 0.25) is 0 Å². The minimum absolute atomic E-state index is 0.0442. The van der Waals surface area contributed by atoms with Crippen LogP contribution in [0.25, 0.3) is 0 Å². The Morgan fingerprint density at radius 3 is 2.58 bits per heavy atom. The van der Waals surface area contributed by atoms with E-state index in [1.807, 2.05) is 13.8 Å². The van der Waals surface area contributed by atoms with Gasteiger partial charge in [-0.1, -0.05) is 6.92 Å². The molecule has 6 nitrogen and oxygen atoms in total. The number of nitrogens with one attached hydrogen (secondary N) is 2. The van der Waals surface area contributed by atoms with Gasteiger partial charge in [0, 0.05) is 17.7 Å². The highest BCUT2D eigenvalue weighted by atomic mass is 32.1. The van der Waals surface area contributed by atoms with E-state index in [-0.39, 0.29) is 18.7 Å². The number of aryl methyl sites for hydroxylation is 2. The molecule has 0 aliphatic carbocycles. The number of imide groups is 1. The van der Waals surface area contributed by atoms with E-state index in [0.717, 1.165) is 17.0 Å². The fourth-order valence-corrected chi connectivity index (χ4v) is 2.88. The van der Waals surface area contributed by atoms with Crippen LogP contribution in [-0.4, -0.2) is 22.7 Å². The van der Waals surface area contributed by atoms with Crippen molar-refractivity contribution in [2.75, 3.05) is 5.32 Å². The number of hydrogen-bond donors (Lipinski definition) is 2. The van der Waals surface area contributed by atoms with Gasteiger partial charge in [0.15, 0.2) is 5.13 Å². The molecule has 2 N–H and O–H groups in total. The van der Waals surface area contributed by atoms with E-state index < -0.39 is 17.7 Å². The molecule has 1 fully saturated rings. The van der Waals surface area contributed by atoms with Crippen LogP contribution in [0.15, 0.2) is 0 Å². The second kappa shape index (κ2) is 5.48. The zero-order valence-corrected chi connectivity index (χ0v) is 11.6. The minimum atomic E-state index is -0.601. The lowest BCUT2D eigenvalue weighted by Gasteiger charge is -2.19. The fraction of sp³-hybridized carbons (Fsp3) is 0.500. The van der Waals surface area contributed by atoms with Gasteiger partial charge >= 0.3 is 0 Å². The van der Waals surface area contributed by atoms with Crippen molar-refractivity contribution in [3.63, 3.8) is 0 Å². The van der Waals surface area contributed by atoms with Gasteiger partial charge in [-0.15, -0.1) is 11.3 Å². The number of piperidine rings is 1. The second-order valence-electron chi connectivity index (χ2n) is 4.44. The third-order valence-corrected chi connectivity index (χ3v) is 3.90. The Morgan fingerprint density at radius 1 is 1.42 bits per heavy atom. The summed E-state index contributed by atoms with van der Waals surface area (Å²) in [4.78, 5) is 39.8. The Bertz CT molecular complexity index is 522. The highest BCUT2D eigenvalue weighted by molar-refractivity contribution is 7.15. The summed E-state index contributed by atoms with van der Waals surface area (Å²) < 4.78 is 0. The number of thiazole rings is 1. The smallest absolute Gasteiger partial charge is 0.230 e. The topological polar surface area (TPSA) is 88.2 Å². The highest BCUT2D eigenvalue weighted by Gasteiger charge is 2.30. The molecule has 3 amide bonds. The lowest BCUT2D eigenvalue weighted by molar-refractivity contribution is -0.138. The largest absolute Gasteiger partial charge is 0.302 e. The van der Waals surface area contributed by atoms with Crippen molar-refractivity contribution >= 4 is 34.2 Å². The van der Waals surface area contributed by atoms with Crippen molar-refractivity contribution in [1.82, 2.24) is 10.3 Å². The zero-order valence-electron chi connectivity index (χ0n) is 10.8. The summed E-state index contributed by atoms with van der Waals surface area (Å²) in [6.07, 6.45) is 0.896. The van der Waals surface area contributed by atoms with Crippen molar-refractivity contribution in [3.05, 3.63) is 10.6 Å². The molecule has 0 radical (unpaired) electrons. The van der Waals surface area contributed by atoms with Gasteiger partial charge in [-0.25, -0.2) is 4.98 Å². The summed E-state index contributed by atoms with van der Waals surface area (Å²) in [5, 5.41) is 5.39. The zero-order chi connectivity index (χ0) is 14.0. The van der Waals surface area contributed by atoms with Crippen molar-refractivity contribution in [2.24, 2.45) is 5.92 Å². The lowest BCUT2D eigenvalue weighted by atomic mass is 9.96. The molecule has 0 unspecified atom stereocenters. The maximum absolute atomic E-state index is 12.0. The third-order valence-electron chi connectivity index (χ3n) is 2.97. The van der Waals surface area contributed by atoms with Gasteiger partial charge in [-0.3, -0.25) is 19.7 Å². The molecule has 2 rings (SSSR count). The summed E-state index contributed by atoms with van der Waals surface area (Å²) in [5.41, 5.74) is 0.956. The molecule has 0 spiro atoms. The van der Waals surface area contributed by atoms with E-state index >= 15 is 0 Å². The molecule has 0 atom stereocenters. The molecule has 1 aliphatic rings. The maximum Gasteiger partial charge on any atom is 0.230 e. The number of anilines is 1. The van der Waals surface area contributed by atoms with E-state index in [1.165, 1.54) is 11.3 Å².